The zero-order valence-corrected chi connectivity index (χ0v) is 15.6. The lowest BCUT2D eigenvalue weighted by Gasteiger charge is -2.20. The molecule has 0 aliphatic carbocycles. The van der Waals surface area contributed by atoms with Gasteiger partial charge >= 0.3 is 5.97 Å². The maximum absolute atomic E-state index is 12.2. The first kappa shape index (κ1) is 21.0. The molecule has 1 aromatic heterocycles. The van der Waals surface area contributed by atoms with Crippen molar-refractivity contribution in [1.29, 1.82) is 0 Å². The molecule has 0 aliphatic heterocycles. The average Bonchev–Trinajstić information content (AvgIpc) is 2.96. The van der Waals surface area contributed by atoms with Crippen LogP contribution in [0.2, 0.25) is 0 Å². The third-order valence-electron chi connectivity index (χ3n) is 3.96. The van der Waals surface area contributed by atoms with Gasteiger partial charge in [-0.1, -0.05) is 32.0 Å². The van der Waals surface area contributed by atoms with Gasteiger partial charge in [-0.15, -0.1) is 12.4 Å². The first-order valence-electron chi connectivity index (χ1n) is 8.11. The van der Waals surface area contributed by atoms with E-state index in [0.29, 0.717) is 18.8 Å². The van der Waals surface area contributed by atoms with Crippen molar-refractivity contribution in [2.75, 3.05) is 7.11 Å². The van der Waals surface area contributed by atoms with E-state index in [-0.39, 0.29) is 18.3 Å². The average molecular weight is 368 g/mol. The lowest BCUT2D eigenvalue weighted by atomic mass is 10.0. The number of aromatic amines is 1. The van der Waals surface area contributed by atoms with E-state index in [1.807, 2.05) is 44.3 Å². The minimum absolute atomic E-state index is 0. The number of nitrogens with two attached hydrogens (primary N) is 1. The van der Waals surface area contributed by atoms with Crippen molar-refractivity contribution in [1.82, 2.24) is 10.3 Å². The van der Waals surface area contributed by atoms with Gasteiger partial charge in [0.05, 0.1) is 13.2 Å². The molecule has 1 aromatic carbocycles. The van der Waals surface area contributed by atoms with Crippen LogP contribution in [-0.2, 0) is 20.7 Å². The smallest absolute Gasteiger partial charge is 0.328 e. The fourth-order valence-corrected chi connectivity index (χ4v) is 2.75. The molecular formula is C18H26ClN3O3. The van der Waals surface area contributed by atoms with Crippen LogP contribution in [0, 0.1) is 5.92 Å². The molecule has 0 fully saturated rings. The van der Waals surface area contributed by atoms with Gasteiger partial charge in [-0.25, -0.2) is 4.79 Å². The van der Waals surface area contributed by atoms with Gasteiger partial charge in [-0.05, 0) is 24.0 Å². The van der Waals surface area contributed by atoms with Crippen LogP contribution in [0.5, 0.6) is 0 Å². The van der Waals surface area contributed by atoms with Crippen molar-refractivity contribution < 1.29 is 14.3 Å². The Morgan fingerprint density at radius 3 is 2.60 bits per heavy atom. The standard InChI is InChI=1S/C18H25N3O3.ClH/c1-11(2)8-14(19)17(22)21-16(18(23)24-3)9-12-10-20-15-7-5-4-6-13(12)15;/h4-7,10-11,14,16,20H,8-9,19H2,1-3H3,(H,21,22);1H/t14-,16-;/m0./s1. The van der Waals surface area contributed by atoms with E-state index < -0.39 is 18.1 Å². The van der Waals surface area contributed by atoms with E-state index in [2.05, 4.69) is 10.3 Å². The summed E-state index contributed by atoms with van der Waals surface area (Å²) in [5.41, 5.74) is 7.83. The maximum atomic E-state index is 12.2. The number of rotatable bonds is 7. The molecule has 2 rings (SSSR count). The number of methoxy groups -OCH3 is 1. The number of esters is 1. The molecule has 0 aliphatic rings. The van der Waals surface area contributed by atoms with E-state index >= 15 is 0 Å². The molecule has 1 heterocycles. The molecule has 2 aromatic rings. The fourth-order valence-electron chi connectivity index (χ4n) is 2.75. The summed E-state index contributed by atoms with van der Waals surface area (Å²) in [6.45, 7) is 3.99. The molecule has 7 heteroatoms. The van der Waals surface area contributed by atoms with Crippen LogP contribution < -0.4 is 11.1 Å². The van der Waals surface area contributed by atoms with Gasteiger partial charge < -0.3 is 20.8 Å². The molecule has 0 bridgehead atoms. The third-order valence-corrected chi connectivity index (χ3v) is 3.96. The highest BCUT2D eigenvalue weighted by molar-refractivity contribution is 5.89. The summed E-state index contributed by atoms with van der Waals surface area (Å²) in [4.78, 5) is 27.5. The van der Waals surface area contributed by atoms with E-state index in [4.69, 9.17) is 10.5 Å². The number of carbonyl (C=O) groups is 2. The predicted octanol–water partition coefficient (Wildman–Crippen LogP) is 2.16. The summed E-state index contributed by atoms with van der Waals surface area (Å²) in [7, 11) is 1.31. The Labute approximate surface area is 153 Å². The second-order valence-electron chi connectivity index (χ2n) is 6.38. The number of aromatic nitrogens is 1. The second-order valence-corrected chi connectivity index (χ2v) is 6.38. The number of nitrogens with one attached hydrogen (secondary N) is 2. The van der Waals surface area contributed by atoms with Crippen molar-refractivity contribution >= 4 is 35.2 Å². The predicted molar refractivity (Wildman–Crippen MR) is 101 cm³/mol. The van der Waals surface area contributed by atoms with Crippen molar-refractivity contribution in [3.05, 3.63) is 36.0 Å². The zero-order chi connectivity index (χ0) is 17.7. The number of hydrogen-bond acceptors (Lipinski definition) is 4. The van der Waals surface area contributed by atoms with Crippen molar-refractivity contribution in [2.24, 2.45) is 11.7 Å². The molecule has 0 spiro atoms. The molecule has 6 nitrogen and oxygen atoms in total. The molecule has 1 amide bonds. The van der Waals surface area contributed by atoms with Crippen LogP contribution in [0.4, 0.5) is 0 Å². The van der Waals surface area contributed by atoms with Gasteiger partial charge in [0, 0.05) is 23.5 Å². The maximum Gasteiger partial charge on any atom is 0.328 e. The van der Waals surface area contributed by atoms with Gasteiger partial charge in [-0.3, -0.25) is 4.79 Å². The summed E-state index contributed by atoms with van der Waals surface area (Å²) >= 11 is 0. The molecule has 0 saturated carbocycles. The highest BCUT2D eigenvalue weighted by Crippen LogP contribution is 2.19. The quantitative estimate of drug-likeness (QED) is 0.653. The van der Waals surface area contributed by atoms with Gasteiger partial charge in [0.1, 0.15) is 6.04 Å². The molecule has 0 saturated heterocycles. The minimum atomic E-state index is -0.764. The topological polar surface area (TPSA) is 97.2 Å². The van der Waals surface area contributed by atoms with E-state index in [1.54, 1.807) is 0 Å². The Hall–Kier alpha value is -2.05. The van der Waals surface area contributed by atoms with E-state index in [9.17, 15) is 9.59 Å². The minimum Gasteiger partial charge on any atom is -0.467 e. The van der Waals surface area contributed by atoms with Crippen LogP contribution in [0.3, 0.4) is 0 Å². The molecule has 2 atom stereocenters. The first-order chi connectivity index (χ1) is 11.4. The van der Waals surface area contributed by atoms with Crippen LogP contribution in [0.25, 0.3) is 10.9 Å². The lowest BCUT2D eigenvalue weighted by Crippen LogP contribution is -2.50. The zero-order valence-electron chi connectivity index (χ0n) is 14.7. The van der Waals surface area contributed by atoms with Crippen molar-refractivity contribution in [3.63, 3.8) is 0 Å². The molecular weight excluding hydrogens is 342 g/mol. The Balaban J connectivity index is 0.00000312. The number of fused-ring (bicyclic) bond motifs is 1. The first-order valence-corrected chi connectivity index (χ1v) is 8.11. The Bertz CT molecular complexity index is 714. The number of amides is 1. The number of benzene rings is 1. The summed E-state index contributed by atoms with van der Waals surface area (Å²) < 4.78 is 4.83. The summed E-state index contributed by atoms with van der Waals surface area (Å²) in [5, 5.41) is 3.74. The second kappa shape index (κ2) is 9.44. The third kappa shape index (κ3) is 5.47. The van der Waals surface area contributed by atoms with Crippen LogP contribution >= 0.6 is 12.4 Å². The largest absolute Gasteiger partial charge is 0.467 e. The van der Waals surface area contributed by atoms with E-state index in [0.717, 1.165) is 16.5 Å². The summed E-state index contributed by atoms with van der Waals surface area (Å²) in [6.07, 6.45) is 2.75. The number of carbonyl (C=O) groups excluding carboxylic acids is 2. The molecule has 4 N–H and O–H groups in total. The highest BCUT2D eigenvalue weighted by atomic mass is 35.5. The molecule has 138 valence electrons. The molecule has 0 radical (unpaired) electrons. The van der Waals surface area contributed by atoms with Gasteiger partial charge in [0.25, 0.3) is 0 Å². The normalized spacial score (nSPS) is 13.2. The lowest BCUT2D eigenvalue weighted by molar-refractivity contribution is -0.145. The number of hydrogen-bond donors (Lipinski definition) is 3. The fraction of sp³-hybridized carbons (Fsp3) is 0.444. The number of ether oxygens (including phenoxy) is 1. The molecule has 0 unspecified atom stereocenters. The van der Waals surface area contributed by atoms with Crippen molar-refractivity contribution in [3.8, 4) is 0 Å². The number of para-hydroxylation sites is 1. The Morgan fingerprint density at radius 2 is 1.96 bits per heavy atom. The number of halogens is 1. The van der Waals surface area contributed by atoms with Gasteiger partial charge in [-0.2, -0.15) is 0 Å². The van der Waals surface area contributed by atoms with Gasteiger partial charge in [0.15, 0.2) is 0 Å². The Kier molecular flexibility index (Phi) is 7.93. The SMILES string of the molecule is COC(=O)[C@H](Cc1c[nH]c2ccccc12)NC(=O)[C@@H](N)CC(C)C.Cl. The Morgan fingerprint density at radius 1 is 1.28 bits per heavy atom. The summed E-state index contributed by atoms with van der Waals surface area (Å²) in [5.74, 6) is -0.514. The van der Waals surface area contributed by atoms with E-state index in [1.165, 1.54) is 7.11 Å². The van der Waals surface area contributed by atoms with Crippen LogP contribution in [0.1, 0.15) is 25.8 Å². The highest BCUT2D eigenvalue weighted by Gasteiger charge is 2.26. The van der Waals surface area contributed by atoms with Crippen LogP contribution in [0.15, 0.2) is 30.5 Å². The van der Waals surface area contributed by atoms with Crippen LogP contribution in [-0.4, -0.2) is 36.1 Å². The van der Waals surface area contributed by atoms with Crippen molar-refractivity contribution in [2.45, 2.75) is 38.8 Å². The van der Waals surface area contributed by atoms with Gasteiger partial charge in [0.2, 0.25) is 5.91 Å². The summed E-state index contributed by atoms with van der Waals surface area (Å²) in [6, 6.07) is 6.40. The molecule has 25 heavy (non-hydrogen) atoms. The monoisotopic (exact) mass is 367 g/mol. The number of H-pyrrole nitrogens is 1.